The largest absolute Gasteiger partial charge is 0.380 e. The fourth-order valence-electron chi connectivity index (χ4n) is 13.7. The lowest BCUT2D eigenvalue weighted by atomic mass is 9.94. The van der Waals surface area contributed by atoms with E-state index in [0.717, 1.165) is 140 Å². The van der Waals surface area contributed by atoms with Gasteiger partial charge in [-0.05, 0) is 265 Å². The number of rotatable bonds is 28. The maximum Gasteiger partial charge on any atom is 0.254 e. The van der Waals surface area contributed by atoms with E-state index in [9.17, 15) is 24.0 Å². The number of unbranched alkanes of at least 4 members (excludes halogenated alkanes) is 2. The summed E-state index contributed by atoms with van der Waals surface area (Å²) in [6.07, 6.45) is 8.06. The SMILES string of the molecule is CCCCCC(=O)c1ccc(-c2ccc(Cl)cc2)c(COC)c1.CCCN(C)C(=O)c1ccc(-c2ccc(Cl)cc2)c(COC)c1.CCN(C)C(=O)c1ccc(-c2ccc(Cl)cc2)c(COC)c1.COCc1cc(C(=O)N(C)C(C)C)ccc1-c1ccc(Cl)cc1.COCc1cc(C(=O)N2[C@H](C)CCC[C@@H]2C)ccc1-c1ccc(Cl)cc1. The number of ether oxygens (including phenoxy) is 5. The molecule has 0 unspecified atom stereocenters. The zero-order valence-corrected chi connectivity index (χ0v) is 74.1. The number of carbonyl (C=O) groups is 5. The van der Waals surface area contributed by atoms with Crippen LogP contribution in [0.5, 0.6) is 0 Å². The second-order valence-electron chi connectivity index (χ2n) is 29.3. The third kappa shape index (κ3) is 28.1. The van der Waals surface area contributed by atoms with Crippen molar-refractivity contribution >= 4 is 87.4 Å². The molecule has 2 atom stereocenters. The monoisotopic (exact) mass is 1680 g/mol. The van der Waals surface area contributed by atoms with Crippen LogP contribution >= 0.6 is 58.0 Å². The van der Waals surface area contributed by atoms with Crippen LogP contribution in [0.3, 0.4) is 0 Å². The van der Waals surface area contributed by atoms with Crippen LogP contribution in [0.2, 0.25) is 25.1 Å². The minimum absolute atomic E-state index is 0.0139. The number of hydrogen-bond donors (Lipinski definition) is 0. The van der Waals surface area contributed by atoms with Crippen LogP contribution < -0.4 is 0 Å². The highest BCUT2D eigenvalue weighted by molar-refractivity contribution is 6.32. The molecule has 4 amide bonds. The summed E-state index contributed by atoms with van der Waals surface area (Å²) in [4.78, 5) is 69.9. The van der Waals surface area contributed by atoms with Crippen LogP contribution in [0, 0.1) is 0 Å². The molecule has 10 aromatic carbocycles. The highest BCUT2D eigenvalue weighted by Gasteiger charge is 2.30. The van der Waals surface area contributed by atoms with E-state index >= 15 is 0 Å². The van der Waals surface area contributed by atoms with Gasteiger partial charge in [-0.15, -0.1) is 0 Å². The third-order valence-electron chi connectivity index (χ3n) is 20.4. The molecule has 19 heteroatoms. The standard InChI is InChI=1S/C22H26ClNO2.C20H23ClO2.2C19H22ClNO2.C18H20ClNO2/c1-15-5-4-6-16(2)24(15)22(25)18-9-12-21(19(13-18)14-26-3)17-7-10-20(23)11-8-17;1-3-4-5-6-20(22)16-9-12-19(17(13-16)14-23-2)15-7-10-18(21)11-8-15;1-13(2)21(3)19(22)15-7-10-18(16(11-15)12-23-4)14-5-8-17(20)9-6-14;1-4-11-21(2)19(22)15-7-10-18(16(12-15)13-23-3)14-5-8-17(20)9-6-14;1-4-20(2)18(21)14-7-10-17(15(11-14)12-22-3)13-5-8-16(19)9-6-13/h7-13,15-16H,4-6,14H2,1-3H3;7-13H,3-6,14H2,1-2H3;5-11,13H,12H2,1-4H3;5-10,12H,4,11,13H2,1-3H3;5-11H,4,12H2,1-3H3/t15-,16+;;;;. The summed E-state index contributed by atoms with van der Waals surface area (Å²) in [5.41, 5.74) is 19.1. The lowest BCUT2D eigenvalue weighted by Crippen LogP contribution is -2.47. The van der Waals surface area contributed by atoms with E-state index < -0.39 is 0 Å². The van der Waals surface area contributed by atoms with Crippen LogP contribution in [0.25, 0.3) is 55.6 Å². The Hall–Kier alpha value is -9.00. The maximum absolute atomic E-state index is 13.1. The minimum atomic E-state index is 0.0139. The zero-order valence-electron chi connectivity index (χ0n) is 70.3. The zero-order chi connectivity index (χ0) is 85.3. The van der Waals surface area contributed by atoms with E-state index in [4.69, 9.17) is 81.7 Å². The van der Waals surface area contributed by atoms with Crippen LogP contribution in [0.15, 0.2) is 212 Å². The van der Waals surface area contributed by atoms with Gasteiger partial charge in [-0.1, -0.05) is 182 Å². The van der Waals surface area contributed by atoms with E-state index in [2.05, 4.69) is 27.7 Å². The molecule has 1 heterocycles. The summed E-state index contributed by atoms with van der Waals surface area (Å²) >= 11 is 29.8. The van der Waals surface area contributed by atoms with E-state index in [-0.39, 0.29) is 47.5 Å². The Bertz CT molecular complexity index is 4820. The van der Waals surface area contributed by atoms with Crippen molar-refractivity contribution in [1.82, 2.24) is 19.6 Å². The van der Waals surface area contributed by atoms with Crippen LogP contribution in [0.4, 0.5) is 0 Å². The van der Waals surface area contributed by atoms with E-state index in [1.165, 1.54) is 6.42 Å². The van der Waals surface area contributed by atoms with E-state index in [1.54, 1.807) is 57.3 Å². The maximum atomic E-state index is 13.1. The molecule has 117 heavy (non-hydrogen) atoms. The van der Waals surface area contributed by atoms with E-state index in [1.807, 2.05) is 252 Å². The van der Waals surface area contributed by atoms with Crippen LogP contribution in [-0.4, -0.2) is 137 Å². The van der Waals surface area contributed by atoms with Gasteiger partial charge >= 0.3 is 0 Å². The number of carbonyl (C=O) groups excluding carboxylic acids is 5. The second-order valence-corrected chi connectivity index (χ2v) is 31.5. The predicted octanol–water partition coefficient (Wildman–Crippen LogP) is 25.0. The van der Waals surface area contributed by atoms with Crippen molar-refractivity contribution in [1.29, 1.82) is 0 Å². The second kappa shape index (κ2) is 48.8. The Balaban J connectivity index is 0.000000202. The number of nitrogens with zero attached hydrogens (tertiary/aromatic N) is 4. The smallest absolute Gasteiger partial charge is 0.254 e. The van der Waals surface area contributed by atoms with Crippen molar-refractivity contribution in [3.05, 3.63) is 293 Å². The summed E-state index contributed by atoms with van der Waals surface area (Å²) in [7, 11) is 13.7. The molecule has 1 aliphatic heterocycles. The van der Waals surface area contributed by atoms with Gasteiger partial charge in [0.1, 0.15) is 0 Å². The summed E-state index contributed by atoms with van der Waals surface area (Å²) < 4.78 is 26.6. The molecule has 0 bridgehead atoms. The molecule has 1 saturated heterocycles. The number of benzene rings is 10. The normalized spacial score (nSPS) is 12.8. The fraction of sp³-hybridized carbons (Fsp3) is 0.337. The number of ketones is 1. The Morgan fingerprint density at radius 3 is 0.949 bits per heavy atom. The fourth-order valence-corrected chi connectivity index (χ4v) is 14.3. The number of amides is 4. The quantitative estimate of drug-likeness (QED) is 0.0343. The molecule has 0 N–H and O–H groups in total. The van der Waals surface area contributed by atoms with Crippen molar-refractivity contribution in [2.45, 2.75) is 151 Å². The van der Waals surface area contributed by atoms with Crippen LogP contribution in [0.1, 0.15) is 179 Å². The Labute approximate surface area is 719 Å². The minimum Gasteiger partial charge on any atom is -0.380 e. The predicted molar refractivity (Wildman–Crippen MR) is 483 cm³/mol. The highest BCUT2D eigenvalue weighted by atomic mass is 35.5. The summed E-state index contributed by atoms with van der Waals surface area (Å²) in [6.45, 7) is 18.2. The van der Waals surface area contributed by atoms with Gasteiger partial charge in [0.2, 0.25) is 0 Å². The summed E-state index contributed by atoms with van der Waals surface area (Å²) in [6, 6.07) is 68.2. The van der Waals surface area contributed by atoms with Gasteiger partial charge in [0, 0.05) is 147 Å². The Kier molecular flexibility index (Phi) is 39.7. The third-order valence-corrected chi connectivity index (χ3v) is 21.6. The lowest BCUT2D eigenvalue weighted by Gasteiger charge is -2.39. The molecule has 10 aromatic rings. The molecule has 0 spiro atoms. The van der Waals surface area contributed by atoms with Crippen molar-refractivity contribution in [3.8, 4) is 55.6 Å². The number of methoxy groups -OCH3 is 5. The molecule has 0 aromatic heterocycles. The van der Waals surface area contributed by atoms with Gasteiger partial charge in [-0.3, -0.25) is 24.0 Å². The van der Waals surface area contributed by atoms with Gasteiger partial charge in [0.15, 0.2) is 5.78 Å². The molecular formula is C98H113Cl5N4O10. The first-order chi connectivity index (χ1) is 56.2. The molecule has 620 valence electrons. The van der Waals surface area contributed by atoms with Crippen LogP contribution in [-0.2, 0) is 56.7 Å². The molecule has 0 saturated carbocycles. The molecule has 1 aliphatic rings. The molecule has 0 aliphatic carbocycles. The number of piperidine rings is 1. The van der Waals surface area contributed by atoms with Gasteiger partial charge in [0.05, 0.1) is 33.0 Å². The topological polar surface area (TPSA) is 144 Å². The number of Topliss-reactive ketones (excluding diaryl/α,β-unsaturated/α-hetero) is 1. The molecule has 14 nitrogen and oxygen atoms in total. The van der Waals surface area contributed by atoms with Gasteiger partial charge in [-0.25, -0.2) is 0 Å². The average Bonchev–Trinajstić information content (AvgIpc) is 0.837. The average molecular weight is 1680 g/mol. The van der Waals surface area contributed by atoms with Crippen molar-refractivity contribution in [2.24, 2.45) is 0 Å². The van der Waals surface area contributed by atoms with Crippen molar-refractivity contribution in [2.75, 3.05) is 69.8 Å². The Morgan fingerprint density at radius 1 is 0.376 bits per heavy atom. The number of likely N-dealkylation sites (tertiary alicyclic amines) is 1. The van der Waals surface area contributed by atoms with Gasteiger partial charge in [-0.2, -0.15) is 0 Å². The van der Waals surface area contributed by atoms with Gasteiger partial charge < -0.3 is 43.3 Å². The van der Waals surface area contributed by atoms with E-state index in [0.29, 0.717) is 87.8 Å². The molecular weight excluding hydrogens is 1570 g/mol. The molecule has 0 radical (unpaired) electrons. The van der Waals surface area contributed by atoms with Crippen molar-refractivity contribution in [3.63, 3.8) is 0 Å². The molecule has 11 rings (SSSR count). The number of hydrogen-bond acceptors (Lipinski definition) is 10. The first kappa shape index (κ1) is 95.1. The van der Waals surface area contributed by atoms with Crippen molar-refractivity contribution < 1.29 is 47.7 Å². The molecule has 1 fully saturated rings. The first-order valence-electron chi connectivity index (χ1n) is 39.8. The summed E-state index contributed by atoms with van der Waals surface area (Å²) in [5, 5.41) is 3.53. The lowest BCUT2D eigenvalue weighted by molar-refractivity contribution is 0.0509. The first-order valence-corrected chi connectivity index (χ1v) is 41.6. The number of halogens is 5. The highest BCUT2D eigenvalue weighted by Crippen LogP contribution is 2.35. The Morgan fingerprint density at radius 2 is 0.658 bits per heavy atom. The van der Waals surface area contributed by atoms with Gasteiger partial charge in [0.25, 0.3) is 23.6 Å². The summed E-state index contributed by atoms with van der Waals surface area (Å²) in [5.74, 6) is 0.387.